The Hall–Kier alpha value is -1.70. The Kier molecular flexibility index (Phi) is 4.27. The molecule has 0 unspecified atom stereocenters. The van der Waals surface area contributed by atoms with Crippen LogP contribution in [0.25, 0.3) is 11.0 Å². The first-order valence-corrected chi connectivity index (χ1v) is 9.75. The van der Waals surface area contributed by atoms with Crippen molar-refractivity contribution in [2.75, 3.05) is 0 Å². The monoisotopic (exact) mass is 349 g/mol. The van der Waals surface area contributed by atoms with Crippen molar-refractivity contribution in [3.8, 4) is 0 Å². The molecular weight excluding hydrogens is 330 g/mol. The Labute approximate surface area is 140 Å². The molecule has 3 rings (SSSR count). The number of rotatable bonds is 5. The van der Waals surface area contributed by atoms with Gasteiger partial charge in [0, 0.05) is 12.6 Å². The second-order valence-electron chi connectivity index (χ2n) is 5.70. The van der Waals surface area contributed by atoms with Crippen molar-refractivity contribution >= 4 is 32.4 Å². The maximum Gasteiger partial charge on any atom is 0.250 e. The van der Waals surface area contributed by atoms with Crippen LogP contribution in [-0.2, 0) is 16.6 Å². The van der Waals surface area contributed by atoms with Gasteiger partial charge in [-0.1, -0.05) is 12.1 Å². The van der Waals surface area contributed by atoms with Crippen molar-refractivity contribution < 1.29 is 8.42 Å². The summed E-state index contributed by atoms with van der Waals surface area (Å²) < 4.78 is 29.5. The second-order valence-corrected chi connectivity index (χ2v) is 8.64. The first-order valence-electron chi connectivity index (χ1n) is 7.39. The highest BCUT2D eigenvalue weighted by Crippen LogP contribution is 2.22. The molecule has 23 heavy (non-hydrogen) atoms. The number of hydrogen-bond acceptors (Lipinski definition) is 4. The van der Waals surface area contributed by atoms with Crippen LogP contribution in [0.1, 0.15) is 31.3 Å². The maximum atomic E-state index is 12.2. The number of hydrogen-bond donors (Lipinski definition) is 1. The van der Waals surface area contributed by atoms with Gasteiger partial charge < -0.3 is 4.57 Å². The van der Waals surface area contributed by atoms with E-state index in [9.17, 15) is 8.42 Å². The van der Waals surface area contributed by atoms with E-state index in [0.717, 1.165) is 22.4 Å². The Morgan fingerprint density at radius 2 is 2.09 bits per heavy atom. The van der Waals surface area contributed by atoms with E-state index in [2.05, 4.69) is 28.1 Å². The summed E-state index contributed by atoms with van der Waals surface area (Å²) in [6.45, 7) is 6.48. The summed E-state index contributed by atoms with van der Waals surface area (Å²) in [5.74, 6) is 0.964. The lowest BCUT2D eigenvalue weighted by molar-refractivity contribution is 0.583. The highest BCUT2D eigenvalue weighted by Gasteiger charge is 2.15. The summed E-state index contributed by atoms with van der Waals surface area (Å²) in [4.78, 5) is 4.58. The van der Waals surface area contributed by atoms with E-state index in [0.29, 0.717) is 10.3 Å². The summed E-state index contributed by atoms with van der Waals surface area (Å²) in [7, 11) is -3.44. The molecule has 1 aromatic carbocycles. The smallest absolute Gasteiger partial charge is 0.250 e. The zero-order chi connectivity index (χ0) is 16.6. The summed E-state index contributed by atoms with van der Waals surface area (Å²) >= 11 is 1.21. The molecule has 122 valence electrons. The van der Waals surface area contributed by atoms with E-state index in [1.807, 2.05) is 25.1 Å². The van der Waals surface area contributed by atoms with E-state index in [1.165, 1.54) is 11.3 Å². The van der Waals surface area contributed by atoms with Crippen LogP contribution in [0.3, 0.4) is 0 Å². The van der Waals surface area contributed by atoms with E-state index < -0.39 is 10.0 Å². The van der Waals surface area contributed by atoms with Crippen LogP contribution in [0.2, 0.25) is 0 Å². The van der Waals surface area contributed by atoms with Gasteiger partial charge in [0.05, 0.1) is 11.0 Å². The topological polar surface area (TPSA) is 64.0 Å². The molecule has 0 radical (unpaired) electrons. The highest BCUT2D eigenvalue weighted by molar-refractivity contribution is 7.91. The molecule has 0 aliphatic heterocycles. The Balaban J connectivity index is 1.85. The Morgan fingerprint density at radius 1 is 1.30 bits per heavy atom. The zero-order valence-corrected chi connectivity index (χ0v) is 14.9. The van der Waals surface area contributed by atoms with Gasteiger partial charge in [-0.3, -0.25) is 0 Å². The summed E-state index contributed by atoms with van der Waals surface area (Å²) in [5, 5.41) is 1.75. The fourth-order valence-corrected chi connectivity index (χ4v) is 4.75. The number of nitrogens with zero attached hydrogens (tertiary/aromatic N) is 2. The van der Waals surface area contributed by atoms with Crippen LogP contribution < -0.4 is 4.72 Å². The molecule has 0 saturated heterocycles. The molecule has 0 aliphatic carbocycles. The zero-order valence-electron chi connectivity index (χ0n) is 13.3. The minimum absolute atomic E-state index is 0.254. The van der Waals surface area contributed by atoms with Crippen molar-refractivity contribution in [2.45, 2.75) is 37.6 Å². The maximum absolute atomic E-state index is 12.2. The Morgan fingerprint density at radius 3 is 2.74 bits per heavy atom. The lowest BCUT2D eigenvalue weighted by atomic mass is 10.2. The molecule has 0 amide bonds. The number of aromatic nitrogens is 2. The van der Waals surface area contributed by atoms with Gasteiger partial charge in [-0.05, 0) is 49.9 Å². The van der Waals surface area contributed by atoms with Crippen molar-refractivity contribution in [2.24, 2.45) is 0 Å². The van der Waals surface area contributed by atoms with Crippen LogP contribution in [0.15, 0.2) is 39.9 Å². The molecule has 5 nitrogen and oxygen atoms in total. The van der Waals surface area contributed by atoms with Gasteiger partial charge in [0.1, 0.15) is 10.0 Å². The third-order valence-corrected chi connectivity index (χ3v) is 6.47. The molecule has 1 N–H and O–H groups in total. The third kappa shape index (κ3) is 3.17. The molecule has 0 atom stereocenters. The van der Waals surface area contributed by atoms with Gasteiger partial charge in [-0.15, -0.1) is 11.3 Å². The molecule has 0 fully saturated rings. The molecule has 7 heteroatoms. The highest BCUT2D eigenvalue weighted by atomic mass is 32.2. The normalized spacial score (nSPS) is 12.3. The van der Waals surface area contributed by atoms with Crippen LogP contribution >= 0.6 is 11.3 Å². The lowest BCUT2D eigenvalue weighted by Crippen LogP contribution is -2.22. The number of imidazole rings is 1. The van der Waals surface area contributed by atoms with Crippen LogP contribution in [-0.4, -0.2) is 18.0 Å². The van der Waals surface area contributed by atoms with Crippen LogP contribution in [0, 0.1) is 6.92 Å². The largest absolute Gasteiger partial charge is 0.326 e. The van der Waals surface area contributed by atoms with E-state index in [1.54, 1.807) is 17.5 Å². The van der Waals surface area contributed by atoms with Gasteiger partial charge in [0.2, 0.25) is 10.0 Å². The lowest BCUT2D eigenvalue weighted by Gasteiger charge is -2.11. The van der Waals surface area contributed by atoms with Gasteiger partial charge in [0.15, 0.2) is 0 Å². The summed E-state index contributed by atoms with van der Waals surface area (Å²) in [5.41, 5.74) is 2.86. The predicted octanol–water partition coefficient (Wildman–Crippen LogP) is 3.47. The van der Waals surface area contributed by atoms with E-state index in [4.69, 9.17) is 0 Å². The molecular formula is C16H19N3O2S2. The summed E-state index contributed by atoms with van der Waals surface area (Å²) in [6, 6.07) is 9.56. The number of benzene rings is 1. The number of sulfonamides is 1. The fourth-order valence-electron chi connectivity index (χ4n) is 2.69. The standard InChI is InChI=1S/C16H19N3O2S2/c1-11(2)19-12(3)18-14-9-13(6-7-15(14)19)10-17-23(20,21)16-5-4-8-22-16/h4-9,11,17H,10H2,1-3H3. The first kappa shape index (κ1) is 16.2. The Bertz CT molecular complexity index is 926. The predicted molar refractivity (Wildman–Crippen MR) is 93.2 cm³/mol. The van der Waals surface area contributed by atoms with Gasteiger partial charge in [0.25, 0.3) is 0 Å². The quantitative estimate of drug-likeness (QED) is 0.767. The minimum atomic E-state index is -3.44. The van der Waals surface area contributed by atoms with Crippen LogP contribution in [0.4, 0.5) is 0 Å². The average molecular weight is 349 g/mol. The van der Waals surface area contributed by atoms with Crippen LogP contribution in [0.5, 0.6) is 0 Å². The number of fused-ring (bicyclic) bond motifs is 1. The molecule has 2 heterocycles. The third-order valence-electron chi connectivity index (χ3n) is 3.67. The molecule has 3 aromatic rings. The van der Waals surface area contributed by atoms with Gasteiger partial charge >= 0.3 is 0 Å². The number of thiophene rings is 1. The summed E-state index contributed by atoms with van der Waals surface area (Å²) in [6.07, 6.45) is 0. The van der Waals surface area contributed by atoms with E-state index in [-0.39, 0.29) is 6.54 Å². The second kappa shape index (κ2) is 6.07. The number of nitrogens with one attached hydrogen (secondary N) is 1. The minimum Gasteiger partial charge on any atom is -0.326 e. The fraction of sp³-hybridized carbons (Fsp3) is 0.312. The molecule has 0 aliphatic rings. The first-order chi connectivity index (χ1) is 10.9. The molecule has 2 aromatic heterocycles. The average Bonchev–Trinajstić information content (AvgIpc) is 3.11. The van der Waals surface area contributed by atoms with E-state index >= 15 is 0 Å². The van der Waals surface area contributed by atoms with Gasteiger partial charge in [-0.25, -0.2) is 18.1 Å². The number of aryl methyl sites for hydroxylation is 1. The van der Waals surface area contributed by atoms with Crippen molar-refractivity contribution in [3.05, 3.63) is 47.1 Å². The SMILES string of the molecule is Cc1nc2cc(CNS(=O)(=O)c3cccs3)ccc2n1C(C)C. The van der Waals surface area contributed by atoms with Crippen molar-refractivity contribution in [3.63, 3.8) is 0 Å². The molecule has 0 saturated carbocycles. The van der Waals surface area contributed by atoms with Crippen molar-refractivity contribution in [1.29, 1.82) is 0 Å². The van der Waals surface area contributed by atoms with Crippen molar-refractivity contribution in [1.82, 2.24) is 14.3 Å². The molecule has 0 bridgehead atoms. The van der Waals surface area contributed by atoms with Gasteiger partial charge in [-0.2, -0.15) is 0 Å². The molecule has 0 spiro atoms.